The fraction of sp³-hybridized carbons (Fsp3) is 0. The molecule has 3 aromatic rings. The van der Waals surface area contributed by atoms with E-state index < -0.39 is 20.2 Å². The Balaban J connectivity index is 0. The minimum absolute atomic E-state index is 0. The van der Waals surface area contributed by atoms with Gasteiger partial charge in [0.1, 0.15) is 11.4 Å². The third kappa shape index (κ3) is 6.31. The fourth-order valence-corrected chi connectivity index (χ4v) is 3.33. The van der Waals surface area contributed by atoms with E-state index in [-0.39, 0.29) is 88.9 Å². The average Bonchev–Trinajstić information content (AvgIpc) is 2.59. The second-order valence-electron chi connectivity index (χ2n) is 5.46. The summed E-state index contributed by atoms with van der Waals surface area (Å²) in [6.45, 7) is 0. The van der Waals surface area contributed by atoms with Crippen molar-refractivity contribution in [3.63, 3.8) is 0 Å². The Kier molecular flexibility index (Phi) is 8.99. The molecule has 144 valence electrons. The monoisotopic (exact) mass is 456 g/mol. The van der Waals surface area contributed by atoms with Gasteiger partial charge in [-0.1, -0.05) is 12.1 Å². The fourth-order valence-electron chi connectivity index (χ4n) is 2.34. The first kappa shape index (κ1) is 26.2. The third-order valence-electron chi connectivity index (χ3n) is 3.64. The van der Waals surface area contributed by atoms with Gasteiger partial charge >= 0.3 is 59.1 Å². The van der Waals surface area contributed by atoms with Crippen molar-refractivity contribution in [1.82, 2.24) is 0 Å². The zero-order valence-electron chi connectivity index (χ0n) is 17.4. The SMILES string of the molecule is O=S(=O)(O)c1ccc(N=Nc2c(O)ccc3cc(S(=O)(=O)O)ccc23)cc1.[H-].[H-].[Na+].[Na+]. The van der Waals surface area contributed by atoms with E-state index in [0.717, 1.165) is 18.2 Å². The van der Waals surface area contributed by atoms with Crippen LogP contribution in [0.5, 0.6) is 5.75 Å². The van der Waals surface area contributed by atoms with Crippen molar-refractivity contribution in [2.24, 2.45) is 10.2 Å². The standard InChI is InChI=1S/C16H12N2O7S2.2Na.2H/c19-15-8-1-10-9-13(27(23,24)25)6-7-14(10)16(15)18-17-11-2-4-12(5-3-11)26(20,21)22;;;;/h1-9,19H,(H,20,21,22)(H,23,24,25);;;;/q;2*+1;2*-1. The largest absolute Gasteiger partial charge is 1.00 e. The molecule has 0 aliphatic rings. The van der Waals surface area contributed by atoms with Crippen LogP contribution in [-0.4, -0.2) is 31.0 Å². The summed E-state index contributed by atoms with van der Waals surface area (Å²) >= 11 is 0. The van der Waals surface area contributed by atoms with Gasteiger partial charge in [0.25, 0.3) is 20.2 Å². The van der Waals surface area contributed by atoms with Gasteiger partial charge in [0.2, 0.25) is 0 Å². The molecule has 9 nitrogen and oxygen atoms in total. The minimum Gasteiger partial charge on any atom is -1.00 e. The molecule has 3 rings (SSSR count). The maximum Gasteiger partial charge on any atom is 1.00 e. The van der Waals surface area contributed by atoms with E-state index in [0.29, 0.717) is 10.8 Å². The second-order valence-corrected chi connectivity index (χ2v) is 8.30. The van der Waals surface area contributed by atoms with Crippen molar-refractivity contribution in [1.29, 1.82) is 0 Å². The van der Waals surface area contributed by atoms with Gasteiger partial charge in [-0.05, 0) is 47.9 Å². The predicted molar refractivity (Wildman–Crippen MR) is 98.1 cm³/mol. The maximum atomic E-state index is 11.2. The average molecular weight is 456 g/mol. The number of nitrogens with zero attached hydrogens (tertiary/aromatic N) is 2. The van der Waals surface area contributed by atoms with Crippen LogP contribution in [0.3, 0.4) is 0 Å². The maximum absolute atomic E-state index is 11.2. The first-order chi connectivity index (χ1) is 12.6. The Morgan fingerprint density at radius 2 is 1.28 bits per heavy atom. The van der Waals surface area contributed by atoms with Gasteiger partial charge in [-0.25, -0.2) is 0 Å². The van der Waals surface area contributed by atoms with Crippen molar-refractivity contribution in [2.45, 2.75) is 9.79 Å². The molecule has 0 saturated carbocycles. The van der Waals surface area contributed by atoms with Crippen molar-refractivity contribution < 1.29 is 93.0 Å². The summed E-state index contributed by atoms with van der Waals surface area (Å²) in [4.78, 5) is -0.600. The quantitative estimate of drug-likeness (QED) is 0.226. The first-order valence-corrected chi connectivity index (χ1v) is 10.2. The molecule has 0 unspecified atom stereocenters. The van der Waals surface area contributed by atoms with Gasteiger partial charge in [-0.3, -0.25) is 9.11 Å². The topological polar surface area (TPSA) is 154 Å². The van der Waals surface area contributed by atoms with Crippen molar-refractivity contribution in [3.05, 3.63) is 54.6 Å². The van der Waals surface area contributed by atoms with Crippen LogP contribution >= 0.6 is 0 Å². The third-order valence-corrected chi connectivity index (χ3v) is 5.36. The number of azo groups is 1. The van der Waals surface area contributed by atoms with Crippen LogP contribution in [0.4, 0.5) is 11.4 Å². The van der Waals surface area contributed by atoms with Gasteiger partial charge in [0.15, 0.2) is 0 Å². The summed E-state index contributed by atoms with van der Waals surface area (Å²) in [7, 11) is -8.69. The van der Waals surface area contributed by atoms with Gasteiger partial charge in [-0.15, -0.1) is 5.11 Å². The molecule has 29 heavy (non-hydrogen) atoms. The Morgan fingerprint density at radius 3 is 1.83 bits per heavy atom. The summed E-state index contributed by atoms with van der Waals surface area (Å²) in [6, 6.07) is 11.4. The van der Waals surface area contributed by atoms with Crippen LogP contribution < -0.4 is 59.1 Å². The van der Waals surface area contributed by atoms with Crippen LogP contribution in [0.25, 0.3) is 10.8 Å². The number of aromatic hydroxyl groups is 1. The molecule has 0 radical (unpaired) electrons. The smallest absolute Gasteiger partial charge is 1.00 e. The molecule has 0 aromatic heterocycles. The van der Waals surface area contributed by atoms with E-state index in [4.69, 9.17) is 9.11 Å². The number of hydrogen-bond acceptors (Lipinski definition) is 7. The minimum atomic E-state index is -4.37. The number of hydrogen-bond donors (Lipinski definition) is 3. The van der Waals surface area contributed by atoms with Crippen molar-refractivity contribution in [3.8, 4) is 5.75 Å². The molecule has 0 bridgehead atoms. The Hall–Kier alpha value is -0.860. The summed E-state index contributed by atoms with van der Waals surface area (Å²) in [6.07, 6.45) is 0. The molecule has 3 N–H and O–H groups in total. The van der Waals surface area contributed by atoms with Crippen LogP contribution in [0.2, 0.25) is 0 Å². The van der Waals surface area contributed by atoms with Crippen LogP contribution in [0, 0.1) is 0 Å². The second kappa shape index (κ2) is 9.96. The van der Waals surface area contributed by atoms with Gasteiger partial charge in [0, 0.05) is 5.39 Å². The number of benzene rings is 3. The molecular formula is C16H14N2Na2O7S2. The van der Waals surface area contributed by atoms with Gasteiger partial charge < -0.3 is 7.96 Å². The molecule has 0 heterocycles. The van der Waals surface area contributed by atoms with E-state index in [1.54, 1.807) is 0 Å². The Bertz CT molecular complexity index is 1290. The van der Waals surface area contributed by atoms with Crippen LogP contribution in [0.1, 0.15) is 2.85 Å². The van der Waals surface area contributed by atoms with E-state index in [2.05, 4.69) is 10.2 Å². The molecule has 0 atom stereocenters. The zero-order valence-corrected chi connectivity index (χ0v) is 21.0. The molecule has 3 aromatic carbocycles. The van der Waals surface area contributed by atoms with Crippen molar-refractivity contribution in [2.75, 3.05) is 0 Å². The summed E-state index contributed by atoms with van der Waals surface area (Å²) in [5, 5.41) is 18.7. The van der Waals surface area contributed by atoms with E-state index >= 15 is 0 Å². The number of fused-ring (bicyclic) bond motifs is 1. The number of phenolic OH excluding ortho intramolecular Hbond substituents is 1. The molecule has 13 heteroatoms. The molecule has 0 spiro atoms. The van der Waals surface area contributed by atoms with E-state index in [1.165, 1.54) is 36.4 Å². The molecule has 0 aliphatic heterocycles. The number of rotatable bonds is 4. The number of phenols is 1. The first-order valence-electron chi connectivity index (χ1n) is 7.28. The molecule has 0 aliphatic carbocycles. The predicted octanol–water partition coefficient (Wildman–Crippen LogP) is -2.31. The normalized spacial score (nSPS) is 11.8. The summed E-state index contributed by atoms with van der Waals surface area (Å²) in [5.41, 5.74) is 0.321. The van der Waals surface area contributed by atoms with Crippen LogP contribution in [0.15, 0.2) is 74.6 Å². The summed E-state index contributed by atoms with van der Waals surface area (Å²) < 4.78 is 62.6. The molecule has 0 saturated heterocycles. The zero-order chi connectivity index (χ0) is 19.8. The van der Waals surface area contributed by atoms with E-state index in [1.807, 2.05) is 0 Å². The van der Waals surface area contributed by atoms with Gasteiger partial charge in [0.05, 0.1) is 15.5 Å². The Labute approximate surface area is 213 Å². The molecule has 0 amide bonds. The Morgan fingerprint density at radius 1 is 0.724 bits per heavy atom. The van der Waals surface area contributed by atoms with Crippen LogP contribution in [-0.2, 0) is 20.2 Å². The van der Waals surface area contributed by atoms with Crippen molar-refractivity contribution >= 4 is 42.4 Å². The molecule has 0 fully saturated rings. The molecular weight excluding hydrogens is 442 g/mol. The van der Waals surface area contributed by atoms with E-state index in [9.17, 15) is 21.9 Å². The summed E-state index contributed by atoms with van der Waals surface area (Å²) in [5.74, 6) is -0.208. The van der Waals surface area contributed by atoms with Gasteiger partial charge in [-0.2, -0.15) is 21.9 Å².